The summed E-state index contributed by atoms with van der Waals surface area (Å²) in [7, 11) is 0. The van der Waals surface area contributed by atoms with Gasteiger partial charge in [-0.3, -0.25) is 14.2 Å². The minimum absolute atomic E-state index is 0.164. The van der Waals surface area contributed by atoms with Gasteiger partial charge in [-0.25, -0.2) is 0 Å². The number of piperidine rings is 3. The van der Waals surface area contributed by atoms with Crippen LogP contribution in [0.5, 0.6) is 0 Å². The van der Waals surface area contributed by atoms with Crippen LogP contribution in [-0.2, 0) is 0 Å². The van der Waals surface area contributed by atoms with E-state index in [-0.39, 0.29) is 17.5 Å². The number of amides is 1. The predicted octanol–water partition coefficient (Wildman–Crippen LogP) is 2.97. The Morgan fingerprint density at radius 2 is 1.88 bits per heavy atom. The standard InChI is InChI=1S/C19H19Cl2N3O2/c20-14-2-3-17(15(21)9-14)24-10-13(1-4-18(24)25)19(26)22-16-11-23-7-5-12(16)6-8-23/h1-4,9-10,12,16H,5-8,11H2,(H,22,26)/t16-/m0/s1. The third-order valence-electron chi connectivity index (χ3n) is 5.32. The lowest BCUT2D eigenvalue weighted by Gasteiger charge is -2.44. The van der Waals surface area contributed by atoms with E-state index in [1.54, 1.807) is 24.3 Å². The molecule has 3 aliphatic rings. The van der Waals surface area contributed by atoms with Gasteiger partial charge in [0, 0.05) is 29.9 Å². The molecule has 4 heterocycles. The largest absolute Gasteiger partial charge is 0.348 e. The first-order valence-corrected chi connectivity index (χ1v) is 9.48. The third kappa shape index (κ3) is 3.39. The van der Waals surface area contributed by atoms with Crippen LogP contribution in [0.25, 0.3) is 5.69 Å². The average Bonchev–Trinajstić information content (AvgIpc) is 2.63. The van der Waals surface area contributed by atoms with Gasteiger partial charge >= 0.3 is 0 Å². The first-order valence-electron chi connectivity index (χ1n) is 8.72. The van der Waals surface area contributed by atoms with E-state index in [0.29, 0.717) is 27.2 Å². The Labute approximate surface area is 161 Å². The van der Waals surface area contributed by atoms with Crippen LogP contribution in [0, 0.1) is 5.92 Å². The highest BCUT2D eigenvalue weighted by Gasteiger charge is 2.35. The first-order chi connectivity index (χ1) is 12.5. The normalized spacial score (nSPS) is 24.5. The van der Waals surface area contributed by atoms with Crippen molar-refractivity contribution in [2.75, 3.05) is 19.6 Å². The van der Waals surface area contributed by atoms with Gasteiger partial charge < -0.3 is 10.2 Å². The third-order valence-corrected chi connectivity index (χ3v) is 5.85. The molecule has 26 heavy (non-hydrogen) atoms. The molecule has 1 aromatic heterocycles. The molecule has 3 aliphatic heterocycles. The molecule has 0 radical (unpaired) electrons. The summed E-state index contributed by atoms with van der Waals surface area (Å²) < 4.78 is 1.38. The molecule has 1 N–H and O–H groups in total. The molecule has 0 spiro atoms. The zero-order chi connectivity index (χ0) is 18.3. The van der Waals surface area contributed by atoms with E-state index in [0.717, 1.165) is 32.5 Å². The maximum absolute atomic E-state index is 12.7. The predicted molar refractivity (Wildman–Crippen MR) is 102 cm³/mol. The number of carbonyl (C=O) groups is 1. The number of rotatable bonds is 3. The van der Waals surface area contributed by atoms with Gasteiger partial charge in [0.2, 0.25) is 0 Å². The van der Waals surface area contributed by atoms with Crippen molar-refractivity contribution in [3.8, 4) is 5.69 Å². The average molecular weight is 392 g/mol. The number of hydrogen-bond acceptors (Lipinski definition) is 3. The van der Waals surface area contributed by atoms with Crippen LogP contribution in [-0.4, -0.2) is 41.1 Å². The van der Waals surface area contributed by atoms with Crippen LogP contribution < -0.4 is 10.9 Å². The summed E-state index contributed by atoms with van der Waals surface area (Å²) in [5, 5.41) is 3.98. The summed E-state index contributed by atoms with van der Waals surface area (Å²) in [4.78, 5) is 27.4. The summed E-state index contributed by atoms with van der Waals surface area (Å²) in [5.74, 6) is 0.378. The lowest BCUT2D eigenvalue weighted by molar-refractivity contribution is 0.0620. The topological polar surface area (TPSA) is 54.3 Å². The van der Waals surface area contributed by atoms with Crippen molar-refractivity contribution < 1.29 is 4.79 Å². The highest BCUT2D eigenvalue weighted by Crippen LogP contribution is 2.28. The van der Waals surface area contributed by atoms with E-state index in [1.165, 1.54) is 16.8 Å². The molecule has 2 bridgehead atoms. The minimum atomic E-state index is -0.256. The number of carbonyl (C=O) groups excluding carboxylic acids is 1. The van der Waals surface area contributed by atoms with Crippen molar-refractivity contribution in [2.45, 2.75) is 18.9 Å². The monoisotopic (exact) mass is 391 g/mol. The molecule has 1 aromatic carbocycles. The Kier molecular flexibility index (Phi) is 4.78. The van der Waals surface area contributed by atoms with Gasteiger partial charge in [0.1, 0.15) is 0 Å². The van der Waals surface area contributed by atoms with E-state index in [9.17, 15) is 9.59 Å². The van der Waals surface area contributed by atoms with Crippen LogP contribution in [0.3, 0.4) is 0 Å². The molecule has 1 amide bonds. The van der Waals surface area contributed by atoms with E-state index in [1.807, 2.05) is 0 Å². The molecule has 7 heteroatoms. The number of nitrogens with one attached hydrogen (secondary N) is 1. The van der Waals surface area contributed by atoms with Crippen molar-refractivity contribution in [1.82, 2.24) is 14.8 Å². The highest BCUT2D eigenvalue weighted by atomic mass is 35.5. The maximum Gasteiger partial charge on any atom is 0.255 e. The number of aromatic nitrogens is 1. The highest BCUT2D eigenvalue weighted by molar-refractivity contribution is 6.35. The number of nitrogens with zero attached hydrogens (tertiary/aromatic N) is 2. The van der Waals surface area contributed by atoms with Gasteiger partial charge in [0.05, 0.1) is 16.3 Å². The second-order valence-corrected chi connectivity index (χ2v) is 7.78. The van der Waals surface area contributed by atoms with Crippen molar-refractivity contribution in [3.63, 3.8) is 0 Å². The molecule has 0 aliphatic carbocycles. The smallest absolute Gasteiger partial charge is 0.255 e. The Morgan fingerprint density at radius 1 is 1.12 bits per heavy atom. The molecular formula is C19H19Cl2N3O2. The van der Waals surface area contributed by atoms with Gasteiger partial charge in [-0.1, -0.05) is 23.2 Å². The molecule has 5 nitrogen and oxygen atoms in total. The summed E-state index contributed by atoms with van der Waals surface area (Å²) >= 11 is 12.1. The van der Waals surface area contributed by atoms with Gasteiger partial charge in [-0.2, -0.15) is 0 Å². The molecule has 1 atom stereocenters. The molecular weight excluding hydrogens is 373 g/mol. The zero-order valence-corrected chi connectivity index (χ0v) is 15.6. The second-order valence-electron chi connectivity index (χ2n) is 6.94. The minimum Gasteiger partial charge on any atom is -0.348 e. The molecule has 3 fully saturated rings. The van der Waals surface area contributed by atoms with Crippen molar-refractivity contribution in [3.05, 3.63) is 62.5 Å². The Balaban J connectivity index is 1.59. The fourth-order valence-corrected chi connectivity index (χ4v) is 4.37. The molecule has 136 valence electrons. The molecule has 0 saturated carbocycles. The van der Waals surface area contributed by atoms with Crippen molar-refractivity contribution in [1.29, 1.82) is 0 Å². The van der Waals surface area contributed by atoms with Gasteiger partial charge in [-0.05, 0) is 56.1 Å². The lowest BCUT2D eigenvalue weighted by atomic mass is 9.84. The second kappa shape index (κ2) is 7.06. The van der Waals surface area contributed by atoms with Crippen LogP contribution in [0.15, 0.2) is 41.3 Å². The zero-order valence-electron chi connectivity index (χ0n) is 14.1. The van der Waals surface area contributed by atoms with Gasteiger partial charge in [-0.15, -0.1) is 0 Å². The van der Waals surface area contributed by atoms with Crippen LogP contribution in [0.2, 0.25) is 10.0 Å². The molecule has 2 aromatic rings. The number of benzene rings is 1. The van der Waals surface area contributed by atoms with Gasteiger partial charge in [0.25, 0.3) is 11.5 Å². The number of fused-ring (bicyclic) bond motifs is 3. The van der Waals surface area contributed by atoms with E-state index >= 15 is 0 Å². The van der Waals surface area contributed by atoms with Crippen LogP contribution in [0.4, 0.5) is 0 Å². The number of halogens is 2. The SMILES string of the molecule is O=C(N[C@H]1CN2CCC1CC2)c1ccc(=O)n(-c2ccc(Cl)cc2Cl)c1. The summed E-state index contributed by atoms with van der Waals surface area (Å²) in [6.07, 6.45) is 3.80. The Morgan fingerprint density at radius 3 is 2.54 bits per heavy atom. The quantitative estimate of drug-likeness (QED) is 0.874. The van der Waals surface area contributed by atoms with Crippen LogP contribution in [0.1, 0.15) is 23.2 Å². The van der Waals surface area contributed by atoms with E-state index in [4.69, 9.17) is 23.2 Å². The van der Waals surface area contributed by atoms with Crippen LogP contribution >= 0.6 is 23.2 Å². The molecule has 5 rings (SSSR count). The summed E-state index contributed by atoms with van der Waals surface area (Å²) in [5.41, 5.74) is 0.680. The number of hydrogen-bond donors (Lipinski definition) is 1. The van der Waals surface area contributed by atoms with Crippen molar-refractivity contribution in [2.24, 2.45) is 5.92 Å². The fourth-order valence-electron chi connectivity index (χ4n) is 3.87. The molecule has 0 unspecified atom stereocenters. The van der Waals surface area contributed by atoms with Gasteiger partial charge in [0.15, 0.2) is 0 Å². The Hall–Kier alpha value is -1.82. The summed E-state index contributed by atoms with van der Waals surface area (Å²) in [6.45, 7) is 3.15. The fraction of sp³-hybridized carbons (Fsp3) is 0.368. The lowest BCUT2D eigenvalue weighted by Crippen LogP contribution is -2.57. The van der Waals surface area contributed by atoms with E-state index < -0.39 is 0 Å². The maximum atomic E-state index is 12.7. The summed E-state index contributed by atoms with van der Waals surface area (Å²) in [6, 6.07) is 8.01. The first kappa shape index (κ1) is 17.6. The number of pyridine rings is 1. The molecule has 3 saturated heterocycles. The van der Waals surface area contributed by atoms with Crippen molar-refractivity contribution >= 4 is 29.1 Å². The van der Waals surface area contributed by atoms with E-state index in [2.05, 4.69) is 10.2 Å². The Bertz CT molecular complexity index is 904.